The quantitative estimate of drug-likeness (QED) is 0.887. The highest BCUT2D eigenvalue weighted by Crippen LogP contribution is 2.23. The smallest absolute Gasteiger partial charge is 0.0880 e. The summed E-state index contributed by atoms with van der Waals surface area (Å²) in [5.74, 6) is 0. The lowest BCUT2D eigenvalue weighted by atomic mass is 9.93. The standard InChI is InChI=1S/C14H28N4O/c1-12(2,3)11-8-18(17-16-11)13(4,5)10-19-14(6,7)9-15/h8H,9-10,15H2,1-7H3. The van der Waals surface area contributed by atoms with Crippen LogP contribution in [0.2, 0.25) is 0 Å². The van der Waals surface area contributed by atoms with E-state index in [1.54, 1.807) is 0 Å². The second kappa shape index (κ2) is 5.21. The molecule has 0 saturated carbocycles. The van der Waals surface area contributed by atoms with Crippen LogP contribution >= 0.6 is 0 Å². The van der Waals surface area contributed by atoms with Gasteiger partial charge in [-0.1, -0.05) is 26.0 Å². The fourth-order valence-corrected chi connectivity index (χ4v) is 1.40. The molecule has 5 heteroatoms. The van der Waals surface area contributed by atoms with Crippen molar-refractivity contribution in [3.63, 3.8) is 0 Å². The van der Waals surface area contributed by atoms with Gasteiger partial charge >= 0.3 is 0 Å². The van der Waals surface area contributed by atoms with Crippen LogP contribution in [0.25, 0.3) is 0 Å². The van der Waals surface area contributed by atoms with Gasteiger partial charge in [0.2, 0.25) is 0 Å². The van der Waals surface area contributed by atoms with Gasteiger partial charge in [0.25, 0.3) is 0 Å². The fraction of sp³-hybridized carbons (Fsp3) is 0.857. The number of nitrogens with two attached hydrogens (primary N) is 1. The van der Waals surface area contributed by atoms with E-state index < -0.39 is 0 Å². The van der Waals surface area contributed by atoms with Crippen molar-refractivity contribution >= 4 is 0 Å². The van der Waals surface area contributed by atoms with Crippen LogP contribution in [-0.2, 0) is 15.7 Å². The average molecular weight is 268 g/mol. The summed E-state index contributed by atoms with van der Waals surface area (Å²) in [6.45, 7) is 15.6. The Balaban J connectivity index is 2.80. The Kier molecular flexibility index (Phi) is 4.42. The minimum Gasteiger partial charge on any atom is -0.372 e. The molecule has 0 atom stereocenters. The van der Waals surface area contributed by atoms with Crippen molar-refractivity contribution < 1.29 is 4.74 Å². The second-order valence-electron chi connectivity index (χ2n) is 7.36. The lowest BCUT2D eigenvalue weighted by Crippen LogP contribution is -2.41. The van der Waals surface area contributed by atoms with Crippen LogP contribution in [0.4, 0.5) is 0 Å². The van der Waals surface area contributed by atoms with Gasteiger partial charge in [-0.3, -0.25) is 0 Å². The number of rotatable bonds is 5. The highest BCUT2D eigenvalue weighted by molar-refractivity contribution is 5.07. The molecule has 0 unspecified atom stereocenters. The normalized spacial score (nSPS) is 13.9. The van der Waals surface area contributed by atoms with Crippen LogP contribution in [0.1, 0.15) is 54.2 Å². The lowest BCUT2D eigenvalue weighted by Gasteiger charge is -2.31. The van der Waals surface area contributed by atoms with Crippen LogP contribution < -0.4 is 5.73 Å². The molecular formula is C14H28N4O. The number of nitrogens with zero attached hydrogens (tertiary/aromatic N) is 3. The van der Waals surface area contributed by atoms with Crippen LogP contribution in [-0.4, -0.2) is 33.7 Å². The second-order valence-corrected chi connectivity index (χ2v) is 7.36. The Morgan fingerprint density at radius 2 is 1.74 bits per heavy atom. The zero-order chi connectivity index (χ0) is 14.9. The molecule has 0 aliphatic carbocycles. The summed E-state index contributed by atoms with van der Waals surface area (Å²) in [4.78, 5) is 0. The maximum atomic E-state index is 5.88. The van der Waals surface area contributed by atoms with Gasteiger partial charge in [0.05, 0.1) is 23.4 Å². The highest BCUT2D eigenvalue weighted by atomic mass is 16.5. The molecule has 1 rings (SSSR count). The summed E-state index contributed by atoms with van der Waals surface area (Å²) in [7, 11) is 0. The summed E-state index contributed by atoms with van der Waals surface area (Å²) in [6.07, 6.45) is 2.00. The van der Waals surface area contributed by atoms with Gasteiger partial charge < -0.3 is 10.5 Å². The number of aromatic nitrogens is 3. The fourth-order valence-electron chi connectivity index (χ4n) is 1.40. The monoisotopic (exact) mass is 268 g/mol. The molecule has 0 spiro atoms. The lowest BCUT2D eigenvalue weighted by molar-refractivity contribution is -0.0477. The van der Waals surface area contributed by atoms with Gasteiger partial charge in [-0.15, -0.1) is 5.10 Å². The van der Waals surface area contributed by atoms with Crippen LogP contribution in [0.3, 0.4) is 0 Å². The highest BCUT2D eigenvalue weighted by Gasteiger charge is 2.28. The van der Waals surface area contributed by atoms with Crippen molar-refractivity contribution in [2.75, 3.05) is 13.2 Å². The van der Waals surface area contributed by atoms with E-state index in [1.807, 2.05) is 24.7 Å². The van der Waals surface area contributed by atoms with Crippen LogP contribution in [0, 0.1) is 0 Å². The van der Waals surface area contributed by atoms with E-state index in [0.29, 0.717) is 13.2 Å². The van der Waals surface area contributed by atoms with Gasteiger partial charge in [0, 0.05) is 18.2 Å². The number of ether oxygens (including phenoxy) is 1. The SMILES string of the molecule is CC(C)(CN)OCC(C)(C)n1cc(C(C)(C)C)nn1. The summed E-state index contributed by atoms with van der Waals surface area (Å²) in [6, 6.07) is 0. The zero-order valence-corrected chi connectivity index (χ0v) is 13.3. The van der Waals surface area contributed by atoms with Crippen molar-refractivity contribution in [1.82, 2.24) is 15.0 Å². The van der Waals surface area contributed by atoms with Crippen molar-refractivity contribution in [2.45, 2.75) is 65.0 Å². The van der Waals surface area contributed by atoms with E-state index in [1.165, 1.54) is 0 Å². The molecule has 1 aromatic heterocycles. The van der Waals surface area contributed by atoms with Crippen LogP contribution in [0.15, 0.2) is 6.20 Å². The third-order valence-corrected chi connectivity index (χ3v) is 3.19. The molecule has 5 nitrogen and oxygen atoms in total. The topological polar surface area (TPSA) is 66.0 Å². The number of hydrogen-bond acceptors (Lipinski definition) is 4. The summed E-state index contributed by atoms with van der Waals surface area (Å²) >= 11 is 0. The van der Waals surface area contributed by atoms with Gasteiger partial charge in [0.1, 0.15) is 0 Å². The molecule has 2 N–H and O–H groups in total. The third kappa shape index (κ3) is 4.28. The third-order valence-electron chi connectivity index (χ3n) is 3.19. The molecule has 0 fully saturated rings. The van der Waals surface area contributed by atoms with Crippen molar-refractivity contribution in [3.8, 4) is 0 Å². The molecular weight excluding hydrogens is 240 g/mol. The molecule has 0 saturated heterocycles. The maximum absolute atomic E-state index is 5.88. The Morgan fingerprint density at radius 1 is 1.16 bits per heavy atom. The van der Waals surface area contributed by atoms with E-state index in [2.05, 4.69) is 44.9 Å². The van der Waals surface area contributed by atoms with Gasteiger partial charge in [-0.05, 0) is 27.7 Å². The van der Waals surface area contributed by atoms with Crippen molar-refractivity contribution in [1.29, 1.82) is 0 Å². The molecule has 0 aliphatic rings. The van der Waals surface area contributed by atoms with Gasteiger partial charge in [0.15, 0.2) is 0 Å². The van der Waals surface area contributed by atoms with Gasteiger partial charge in [-0.2, -0.15) is 0 Å². The molecule has 0 amide bonds. The Bertz CT molecular complexity index is 415. The zero-order valence-electron chi connectivity index (χ0n) is 13.3. The predicted octanol–water partition coefficient (Wildman–Crippen LogP) is 2.06. The average Bonchev–Trinajstić information content (AvgIpc) is 2.76. The first-order valence-electron chi connectivity index (χ1n) is 6.75. The first-order valence-corrected chi connectivity index (χ1v) is 6.75. The van der Waals surface area contributed by atoms with E-state index in [-0.39, 0.29) is 16.6 Å². The summed E-state index contributed by atoms with van der Waals surface area (Å²) < 4.78 is 7.75. The van der Waals surface area contributed by atoms with Crippen molar-refractivity contribution in [3.05, 3.63) is 11.9 Å². The first-order chi connectivity index (χ1) is 8.48. The van der Waals surface area contributed by atoms with E-state index in [0.717, 1.165) is 5.69 Å². The Morgan fingerprint density at radius 3 is 2.16 bits per heavy atom. The molecule has 1 aromatic rings. The molecule has 110 valence electrons. The molecule has 0 aromatic carbocycles. The predicted molar refractivity (Wildman–Crippen MR) is 77.1 cm³/mol. The maximum Gasteiger partial charge on any atom is 0.0880 e. The van der Waals surface area contributed by atoms with E-state index in [9.17, 15) is 0 Å². The molecule has 1 heterocycles. The molecule has 0 aliphatic heterocycles. The summed E-state index contributed by atoms with van der Waals surface area (Å²) in [5, 5.41) is 8.49. The first kappa shape index (κ1) is 16.1. The minimum absolute atomic E-state index is 0.00567. The van der Waals surface area contributed by atoms with Crippen LogP contribution in [0.5, 0.6) is 0 Å². The Hall–Kier alpha value is -0.940. The number of hydrogen-bond donors (Lipinski definition) is 1. The van der Waals surface area contributed by atoms with E-state index >= 15 is 0 Å². The Labute approximate surface area is 116 Å². The van der Waals surface area contributed by atoms with E-state index in [4.69, 9.17) is 10.5 Å². The summed E-state index contributed by atoms with van der Waals surface area (Å²) in [5.41, 5.74) is 6.10. The minimum atomic E-state index is -0.315. The molecule has 0 bridgehead atoms. The molecule has 19 heavy (non-hydrogen) atoms. The van der Waals surface area contributed by atoms with Gasteiger partial charge in [-0.25, -0.2) is 4.68 Å². The van der Waals surface area contributed by atoms with Crippen molar-refractivity contribution in [2.24, 2.45) is 5.73 Å². The largest absolute Gasteiger partial charge is 0.372 e. The molecule has 0 radical (unpaired) electrons.